The average Bonchev–Trinajstić information content (AvgIpc) is 3.10. The van der Waals surface area contributed by atoms with E-state index in [1.807, 2.05) is 30.3 Å². The van der Waals surface area contributed by atoms with E-state index in [2.05, 4.69) is 5.32 Å². The summed E-state index contributed by atoms with van der Waals surface area (Å²) in [6.45, 7) is 0.810. The second kappa shape index (κ2) is 16.1. The summed E-state index contributed by atoms with van der Waals surface area (Å²) in [7, 11) is -4.57. The molecule has 0 unspecified atom stereocenters. The van der Waals surface area contributed by atoms with E-state index in [0.717, 1.165) is 55.4 Å². The van der Waals surface area contributed by atoms with Gasteiger partial charge in [0.25, 0.3) is 10.0 Å². The molecule has 1 aliphatic rings. The molecule has 0 aliphatic heterocycles. The molecule has 0 radical (unpaired) electrons. The van der Waals surface area contributed by atoms with Gasteiger partial charge in [0.05, 0.1) is 16.1 Å². The van der Waals surface area contributed by atoms with Crippen molar-refractivity contribution in [3.63, 3.8) is 0 Å². The van der Waals surface area contributed by atoms with Gasteiger partial charge in [-0.15, -0.1) is 0 Å². The smallest absolute Gasteiger partial charge is 0.352 e. The van der Waals surface area contributed by atoms with Crippen molar-refractivity contribution in [3.8, 4) is 0 Å². The second-order valence-corrected chi connectivity index (χ2v) is 14.9. The zero-order chi connectivity index (χ0) is 35.9. The molecule has 1 N–H and O–H groups in total. The van der Waals surface area contributed by atoms with Gasteiger partial charge in [0, 0.05) is 24.0 Å². The van der Waals surface area contributed by atoms with Crippen molar-refractivity contribution in [1.82, 2.24) is 10.2 Å². The maximum Gasteiger partial charge on any atom is 0.416 e. The molecule has 4 aromatic rings. The molecule has 4 aromatic carbocycles. The van der Waals surface area contributed by atoms with Gasteiger partial charge < -0.3 is 10.2 Å². The zero-order valence-electron chi connectivity index (χ0n) is 27.6. The van der Waals surface area contributed by atoms with E-state index in [1.165, 1.54) is 23.1 Å². The van der Waals surface area contributed by atoms with Crippen LogP contribution < -0.4 is 9.62 Å². The van der Waals surface area contributed by atoms with Gasteiger partial charge in [0.1, 0.15) is 12.6 Å². The number of halogens is 4. The van der Waals surface area contributed by atoms with Crippen LogP contribution in [0.1, 0.15) is 54.4 Å². The minimum Gasteiger partial charge on any atom is -0.352 e. The molecule has 0 heterocycles. The quantitative estimate of drug-likeness (QED) is 0.161. The lowest BCUT2D eigenvalue weighted by atomic mass is 9.94. The Bertz CT molecular complexity index is 1870. The molecular weight excluding hydrogens is 687 g/mol. The number of carbonyl (C=O) groups excluding carboxylic acids is 2. The molecule has 0 saturated heterocycles. The number of benzene rings is 4. The standard InChI is InChI=1S/C38H39ClF3N3O4S/c1-27-15-21-34(22-16-27)50(48,49)45(33-14-8-11-30(24-33)38(40,41)42)26-36(46)44(25-29-17-19-31(39)20-18-29)35(23-28-9-4-2-5-10-28)37(47)43-32-12-6-3-7-13-32/h2,4-5,8-11,14-22,24,32,35H,3,6-7,12-13,23,25-26H2,1H3,(H,43,47)/t35-/m0/s1. The lowest BCUT2D eigenvalue weighted by Gasteiger charge is -2.35. The third-order valence-corrected chi connectivity index (χ3v) is 10.9. The summed E-state index contributed by atoms with van der Waals surface area (Å²) in [5.74, 6) is -1.16. The lowest BCUT2D eigenvalue weighted by Crippen LogP contribution is -2.55. The molecule has 7 nitrogen and oxygen atoms in total. The van der Waals surface area contributed by atoms with Crippen molar-refractivity contribution < 1.29 is 31.2 Å². The fourth-order valence-corrected chi connectivity index (χ4v) is 7.62. The number of nitrogens with one attached hydrogen (secondary N) is 1. The molecule has 1 fully saturated rings. The normalized spacial score (nSPS) is 14.5. The van der Waals surface area contributed by atoms with E-state index in [-0.39, 0.29) is 29.6 Å². The average molecular weight is 726 g/mol. The monoisotopic (exact) mass is 725 g/mol. The number of rotatable bonds is 12. The number of amides is 2. The van der Waals surface area contributed by atoms with Gasteiger partial charge in [-0.05, 0) is 73.4 Å². The Labute approximate surface area is 296 Å². The van der Waals surface area contributed by atoms with E-state index >= 15 is 0 Å². The summed E-state index contributed by atoms with van der Waals surface area (Å²) >= 11 is 6.14. The fourth-order valence-electron chi connectivity index (χ4n) is 6.09. The van der Waals surface area contributed by atoms with Crippen molar-refractivity contribution >= 4 is 39.1 Å². The number of aryl methyl sites for hydroxylation is 1. The Morgan fingerprint density at radius 1 is 0.860 bits per heavy atom. The number of alkyl halides is 3. The summed E-state index contributed by atoms with van der Waals surface area (Å²) in [6, 6.07) is 24.4. The van der Waals surface area contributed by atoms with Gasteiger partial charge in [-0.1, -0.05) is 97.1 Å². The topological polar surface area (TPSA) is 86.8 Å². The molecule has 0 spiro atoms. The molecular formula is C38H39ClF3N3O4S. The lowest BCUT2D eigenvalue weighted by molar-refractivity contribution is -0.140. The van der Waals surface area contributed by atoms with Crippen molar-refractivity contribution in [1.29, 1.82) is 0 Å². The predicted octanol–water partition coefficient (Wildman–Crippen LogP) is 7.95. The highest BCUT2D eigenvalue weighted by molar-refractivity contribution is 7.92. The van der Waals surface area contributed by atoms with E-state index in [0.29, 0.717) is 21.0 Å². The van der Waals surface area contributed by atoms with Crippen LogP contribution in [0, 0.1) is 6.92 Å². The molecule has 12 heteroatoms. The van der Waals surface area contributed by atoms with Crippen LogP contribution >= 0.6 is 11.6 Å². The Hall–Kier alpha value is -4.35. The molecule has 0 bridgehead atoms. The minimum absolute atomic E-state index is 0.0782. The second-order valence-electron chi connectivity index (χ2n) is 12.6. The number of hydrogen-bond donors (Lipinski definition) is 1. The third-order valence-electron chi connectivity index (χ3n) is 8.84. The molecule has 5 rings (SSSR count). The highest BCUT2D eigenvalue weighted by Crippen LogP contribution is 2.33. The molecule has 0 aromatic heterocycles. The zero-order valence-corrected chi connectivity index (χ0v) is 29.1. The summed E-state index contributed by atoms with van der Waals surface area (Å²) < 4.78 is 70.6. The number of sulfonamides is 1. The van der Waals surface area contributed by atoms with Crippen molar-refractivity contribution in [3.05, 3.63) is 130 Å². The van der Waals surface area contributed by atoms with Crippen molar-refractivity contribution in [2.24, 2.45) is 0 Å². The van der Waals surface area contributed by atoms with Gasteiger partial charge in [-0.2, -0.15) is 13.2 Å². The van der Waals surface area contributed by atoms with E-state index < -0.39 is 46.2 Å². The maximum absolute atomic E-state index is 14.6. The van der Waals surface area contributed by atoms with Gasteiger partial charge in [0.15, 0.2) is 0 Å². The van der Waals surface area contributed by atoms with Crippen LogP contribution in [0.2, 0.25) is 5.02 Å². The van der Waals surface area contributed by atoms with E-state index in [9.17, 15) is 31.2 Å². The Morgan fingerprint density at radius 3 is 2.16 bits per heavy atom. The van der Waals surface area contributed by atoms with Crippen LogP contribution in [0.4, 0.5) is 18.9 Å². The van der Waals surface area contributed by atoms with Gasteiger partial charge in [-0.25, -0.2) is 8.42 Å². The first-order chi connectivity index (χ1) is 23.8. The largest absolute Gasteiger partial charge is 0.416 e. The van der Waals surface area contributed by atoms with Crippen LogP contribution in [0.25, 0.3) is 0 Å². The first-order valence-electron chi connectivity index (χ1n) is 16.5. The van der Waals surface area contributed by atoms with E-state index in [4.69, 9.17) is 11.6 Å². The molecule has 1 saturated carbocycles. The van der Waals surface area contributed by atoms with Gasteiger partial charge >= 0.3 is 6.18 Å². The Morgan fingerprint density at radius 2 is 1.52 bits per heavy atom. The first kappa shape index (κ1) is 36.9. The van der Waals surface area contributed by atoms with Crippen LogP contribution in [0.3, 0.4) is 0 Å². The highest BCUT2D eigenvalue weighted by atomic mass is 35.5. The molecule has 1 atom stereocenters. The Balaban J connectivity index is 1.59. The number of hydrogen-bond acceptors (Lipinski definition) is 4. The molecule has 50 heavy (non-hydrogen) atoms. The molecule has 2 amide bonds. The predicted molar refractivity (Wildman–Crippen MR) is 188 cm³/mol. The van der Waals surface area contributed by atoms with Crippen LogP contribution in [-0.4, -0.2) is 43.8 Å². The van der Waals surface area contributed by atoms with Gasteiger partial charge in [0.2, 0.25) is 11.8 Å². The fraction of sp³-hybridized carbons (Fsp3) is 0.316. The molecule has 1 aliphatic carbocycles. The number of nitrogens with zero attached hydrogens (tertiary/aromatic N) is 2. The first-order valence-corrected chi connectivity index (χ1v) is 18.3. The summed E-state index contributed by atoms with van der Waals surface area (Å²) in [5, 5.41) is 3.59. The minimum atomic E-state index is -4.77. The van der Waals surface area contributed by atoms with E-state index in [1.54, 1.807) is 43.3 Å². The SMILES string of the molecule is Cc1ccc(S(=O)(=O)N(CC(=O)N(Cc2ccc(Cl)cc2)[C@@H](Cc2ccccc2)C(=O)NC2CCCCC2)c2cccc(C(F)(F)F)c2)cc1. The van der Waals surface area contributed by atoms with Crippen LogP contribution in [-0.2, 0) is 38.8 Å². The van der Waals surface area contributed by atoms with Crippen molar-refractivity contribution in [2.75, 3.05) is 10.8 Å². The highest BCUT2D eigenvalue weighted by Gasteiger charge is 2.37. The summed E-state index contributed by atoms with van der Waals surface area (Å²) in [5.41, 5.74) is 0.753. The molecule has 264 valence electrons. The summed E-state index contributed by atoms with van der Waals surface area (Å²) in [4.78, 5) is 29.9. The number of anilines is 1. The van der Waals surface area contributed by atoms with Gasteiger partial charge in [-0.3, -0.25) is 13.9 Å². The Kier molecular flexibility index (Phi) is 11.9. The maximum atomic E-state index is 14.6. The summed E-state index contributed by atoms with van der Waals surface area (Å²) in [6.07, 6.45) is -0.0537. The van der Waals surface area contributed by atoms with Crippen LogP contribution in [0.5, 0.6) is 0 Å². The van der Waals surface area contributed by atoms with Crippen LogP contribution in [0.15, 0.2) is 108 Å². The van der Waals surface area contributed by atoms with Crippen molar-refractivity contribution in [2.45, 2.75) is 75.1 Å². The number of carbonyl (C=O) groups is 2. The third kappa shape index (κ3) is 9.45.